The predicted octanol–water partition coefficient (Wildman–Crippen LogP) is 5.13. The quantitative estimate of drug-likeness (QED) is 0.243. The Balaban J connectivity index is 0.000000446. The zero-order chi connectivity index (χ0) is 29.7. The van der Waals surface area contributed by atoms with Gasteiger partial charge < -0.3 is 24.7 Å². The second kappa shape index (κ2) is 15.5. The van der Waals surface area contributed by atoms with Crippen LogP contribution in [0.1, 0.15) is 46.3 Å². The number of carbonyl (C=O) groups is 3. The SMILES string of the molecule is O=C(O)C=CC(=O)O.O=C1c2ccccc2CN1CC1CCN(CCCOc2ccccc2Cc2ccccc2)CC1. The van der Waals surface area contributed by atoms with E-state index in [0.717, 1.165) is 63.5 Å². The Bertz CT molecular complexity index is 1350. The lowest BCUT2D eigenvalue weighted by molar-refractivity contribution is -0.134. The summed E-state index contributed by atoms with van der Waals surface area (Å²) in [6.45, 7) is 5.71. The highest BCUT2D eigenvalue weighted by Gasteiger charge is 2.30. The molecule has 0 radical (unpaired) electrons. The molecule has 2 aliphatic rings. The van der Waals surface area contributed by atoms with Crippen molar-refractivity contribution in [1.82, 2.24) is 9.80 Å². The maximum Gasteiger partial charge on any atom is 0.328 e. The molecule has 0 aliphatic carbocycles. The minimum absolute atomic E-state index is 0.211. The molecule has 1 fully saturated rings. The van der Waals surface area contributed by atoms with E-state index in [-0.39, 0.29) is 5.91 Å². The van der Waals surface area contributed by atoms with Crippen molar-refractivity contribution in [2.45, 2.75) is 32.2 Å². The van der Waals surface area contributed by atoms with Gasteiger partial charge in [0.2, 0.25) is 0 Å². The topological polar surface area (TPSA) is 107 Å². The van der Waals surface area contributed by atoms with Crippen molar-refractivity contribution in [3.8, 4) is 5.75 Å². The molecule has 3 aromatic rings. The van der Waals surface area contributed by atoms with Gasteiger partial charge in [-0.3, -0.25) is 4.79 Å². The second-order valence-electron chi connectivity index (χ2n) is 10.6. The molecule has 2 N–H and O–H groups in total. The smallest absolute Gasteiger partial charge is 0.328 e. The van der Waals surface area contributed by atoms with Gasteiger partial charge >= 0.3 is 11.9 Å². The lowest BCUT2D eigenvalue weighted by Gasteiger charge is -2.33. The molecule has 0 saturated carbocycles. The molecule has 1 amide bonds. The molecular formula is C34H38N2O6. The second-order valence-corrected chi connectivity index (χ2v) is 10.6. The van der Waals surface area contributed by atoms with Gasteiger partial charge in [0.1, 0.15) is 5.75 Å². The average Bonchev–Trinajstić information content (AvgIpc) is 3.31. The number of para-hydroxylation sites is 1. The van der Waals surface area contributed by atoms with Crippen LogP contribution in [-0.4, -0.2) is 70.6 Å². The molecule has 0 aromatic heterocycles. The number of benzene rings is 3. The molecule has 8 nitrogen and oxygen atoms in total. The summed E-state index contributed by atoms with van der Waals surface area (Å²) in [7, 11) is 0. The van der Waals surface area contributed by atoms with Gasteiger partial charge in [0.05, 0.1) is 6.61 Å². The minimum atomic E-state index is -1.26. The fraction of sp³-hybridized carbons (Fsp3) is 0.324. The van der Waals surface area contributed by atoms with Crippen molar-refractivity contribution in [1.29, 1.82) is 0 Å². The maximum atomic E-state index is 12.7. The standard InChI is InChI=1S/C30H34N2O2.C4H4O4/c33-30-28-13-6-4-12-27(28)23-32(30)22-25-15-18-31(19-16-25)17-8-20-34-29-14-7-5-11-26(29)21-24-9-2-1-3-10-24;5-3(6)1-2-4(7)8/h1-7,9-14,25H,8,15-23H2;1-2H,(H,5,6)(H,7,8). The molecule has 42 heavy (non-hydrogen) atoms. The van der Waals surface area contributed by atoms with Crippen molar-refractivity contribution < 1.29 is 29.3 Å². The molecule has 0 spiro atoms. The molecule has 0 unspecified atom stereocenters. The Morgan fingerprint density at radius 3 is 2.19 bits per heavy atom. The summed E-state index contributed by atoms with van der Waals surface area (Å²) >= 11 is 0. The summed E-state index contributed by atoms with van der Waals surface area (Å²) in [6.07, 6.45) is 5.38. The number of carbonyl (C=O) groups excluding carboxylic acids is 1. The summed E-state index contributed by atoms with van der Waals surface area (Å²) in [5.74, 6) is -0.695. The van der Waals surface area contributed by atoms with Crippen LogP contribution in [0.5, 0.6) is 5.75 Å². The molecule has 3 aromatic carbocycles. The molecule has 1 saturated heterocycles. The summed E-state index contributed by atoms with van der Waals surface area (Å²) < 4.78 is 6.18. The first kappa shape index (κ1) is 30.5. The summed E-state index contributed by atoms with van der Waals surface area (Å²) in [5.41, 5.74) is 4.62. The Hall–Kier alpha value is -4.43. The van der Waals surface area contributed by atoms with Gasteiger partial charge in [-0.15, -0.1) is 0 Å². The van der Waals surface area contributed by atoms with E-state index in [1.54, 1.807) is 0 Å². The van der Waals surface area contributed by atoms with Crippen LogP contribution < -0.4 is 4.74 Å². The monoisotopic (exact) mass is 570 g/mol. The number of aliphatic carboxylic acids is 2. The molecule has 0 bridgehead atoms. The van der Waals surface area contributed by atoms with Crippen LogP contribution in [0.4, 0.5) is 0 Å². The third kappa shape index (κ3) is 9.31. The van der Waals surface area contributed by atoms with E-state index in [0.29, 0.717) is 18.1 Å². The summed E-state index contributed by atoms with van der Waals surface area (Å²) in [5, 5.41) is 15.6. The number of hydrogen-bond donors (Lipinski definition) is 2. The molecule has 0 atom stereocenters. The fourth-order valence-electron chi connectivity index (χ4n) is 5.39. The number of likely N-dealkylation sites (tertiary alicyclic amines) is 1. The molecule has 8 heteroatoms. The number of amides is 1. The zero-order valence-electron chi connectivity index (χ0n) is 23.7. The lowest BCUT2D eigenvalue weighted by Crippen LogP contribution is -2.39. The average molecular weight is 571 g/mol. The highest BCUT2D eigenvalue weighted by atomic mass is 16.5. The van der Waals surface area contributed by atoms with Crippen LogP contribution in [0.15, 0.2) is 91.0 Å². The van der Waals surface area contributed by atoms with Gasteiger partial charge in [-0.2, -0.15) is 0 Å². The van der Waals surface area contributed by atoms with Crippen LogP contribution in [0.25, 0.3) is 0 Å². The first-order chi connectivity index (χ1) is 20.4. The van der Waals surface area contributed by atoms with Crippen molar-refractivity contribution in [3.05, 3.63) is 113 Å². The van der Waals surface area contributed by atoms with E-state index in [4.69, 9.17) is 14.9 Å². The number of fused-ring (bicyclic) bond motifs is 1. The first-order valence-corrected chi connectivity index (χ1v) is 14.4. The highest BCUT2D eigenvalue weighted by molar-refractivity contribution is 5.98. The van der Waals surface area contributed by atoms with Crippen LogP contribution in [-0.2, 0) is 22.6 Å². The minimum Gasteiger partial charge on any atom is -0.493 e. The van der Waals surface area contributed by atoms with Crippen molar-refractivity contribution in [2.75, 3.05) is 32.8 Å². The number of nitrogens with zero attached hydrogens (tertiary/aromatic N) is 2. The number of carboxylic acid groups (broad SMARTS) is 2. The Morgan fingerprint density at radius 1 is 0.857 bits per heavy atom. The number of rotatable bonds is 11. The highest BCUT2D eigenvalue weighted by Crippen LogP contribution is 2.26. The Labute approximate surface area is 246 Å². The van der Waals surface area contributed by atoms with Gasteiger partial charge in [0.25, 0.3) is 5.91 Å². The molecule has 5 rings (SSSR count). The molecular weight excluding hydrogens is 532 g/mol. The zero-order valence-corrected chi connectivity index (χ0v) is 23.7. The summed E-state index contributed by atoms with van der Waals surface area (Å²) in [4.78, 5) is 36.4. The summed E-state index contributed by atoms with van der Waals surface area (Å²) in [6, 6.07) is 27.0. The van der Waals surface area contributed by atoms with E-state index in [9.17, 15) is 14.4 Å². The van der Waals surface area contributed by atoms with E-state index < -0.39 is 11.9 Å². The molecule has 2 aliphatic heterocycles. The van der Waals surface area contributed by atoms with E-state index >= 15 is 0 Å². The van der Waals surface area contributed by atoms with Gasteiger partial charge in [-0.05, 0) is 67.1 Å². The maximum absolute atomic E-state index is 12.7. The van der Waals surface area contributed by atoms with Crippen molar-refractivity contribution in [2.24, 2.45) is 5.92 Å². The normalized spacial score (nSPS) is 15.2. The van der Waals surface area contributed by atoms with E-state index in [2.05, 4.69) is 65.6 Å². The third-order valence-corrected chi connectivity index (χ3v) is 7.54. The molecule has 220 valence electrons. The number of carboxylic acids is 2. The number of ether oxygens (including phenoxy) is 1. The lowest BCUT2D eigenvalue weighted by atomic mass is 9.96. The van der Waals surface area contributed by atoms with Gasteiger partial charge in [-0.1, -0.05) is 66.7 Å². The van der Waals surface area contributed by atoms with Crippen molar-refractivity contribution in [3.63, 3.8) is 0 Å². The number of piperidine rings is 1. The van der Waals surface area contributed by atoms with Gasteiger partial charge in [-0.25, -0.2) is 9.59 Å². The van der Waals surface area contributed by atoms with E-state index in [1.165, 1.54) is 29.5 Å². The van der Waals surface area contributed by atoms with Crippen LogP contribution in [0, 0.1) is 5.92 Å². The predicted molar refractivity (Wildman–Crippen MR) is 161 cm³/mol. The number of hydrogen-bond acceptors (Lipinski definition) is 5. The largest absolute Gasteiger partial charge is 0.493 e. The van der Waals surface area contributed by atoms with Crippen LogP contribution in [0.2, 0.25) is 0 Å². The Kier molecular flexibility index (Phi) is 11.3. The first-order valence-electron chi connectivity index (χ1n) is 14.4. The van der Waals surface area contributed by atoms with Crippen LogP contribution >= 0.6 is 0 Å². The van der Waals surface area contributed by atoms with Crippen molar-refractivity contribution >= 4 is 17.8 Å². The molecule has 2 heterocycles. The Morgan fingerprint density at radius 2 is 1.50 bits per heavy atom. The fourth-order valence-corrected chi connectivity index (χ4v) is 5.39. The van der Waals surface area contributed by atoms with Gasteiger partial charge in [0, 0.05) is 43.8 Å². The third-order valence-electron chi connectivity index (χ3n) is 7.54. The van der Waals surface area contributed by atoms with E-state index in [1.807, 2.05) is 23.1 Å². The van der Waals surface area contributed by atoms with Gasteiger partial charge in [0.15, 0.2) is 0 Å². The van der Waals surface area contributed by atoms with Crippen LogP contribution in [0.3, 0.4) is 0 Å².